The third-order valence-corrected chi connectivity index (χ3v) is 11.2. The summed E-state index contributed by atoms with van der Waals surface area (Å²) in [5.41, 5.74) is 4.51. The van der Waals surface area contributed by atoms with Gasteiger partial charge in [0.2, 0.25) is 0 Å². The highest BCUT2D eigenvalue weighted by atomic mass is 16.6. The molecule has 41 heavy (non-hydrogen) atoms. The van der Waals surface area contributed by atoms with Crippen molar-refractivity contribution in [3.05, 3.63) is 47.7 Å². The Morgan fingerprint density at radius 3 is 2.78 bits per heavy atom. The Balaban J connectivity index is 1.07. The van der Waals surface area contributed by atoms with E-state index >= 15 is 0 Å². The summed E-state index contributed by atoms with van der Waals surface area (Å²) in [7, 11) is 1.32. The molecule has 1 aromatic carbocycles. The van der Waals surface area contributed by atoms with Gasteiger partial charge in [-0.05, 0) is 97.7 Å². The van der Waals surface area contributed by atoms with Crippen LogP contribution in [0.4, 0.5) is 0 Å². The molecular formula is C33H43N3O5. The number of carbonyl (C=O) groups excluding carboxylic acids is 2. The first-order valence-electron chi connectivity index (χ1n) is 15.2. The second kappa shape index (κ2) is 10.9. The topological polar surface area (TPSA) is 113 Å². The van der Waals surface area contributed by atoms with Crippen LogP contribution in [0.25, 0.3) is 10.9 Å². The number of aromatic amines is 1. The van der Waals surface area contributed by atoms with E-state index in [2.05, 4.69) is 35.4 Å². The van der Waals surface area contributed by atoms with Gasteiger partial charge in [-0.15, -0.1) is 0 Å². The molecule has 4 aliphatic carbocycles. The number of hydrogen-bond donors (Lipinski definition) is 3. The fourth-order valence-electron chi connectivity index (χ4n) is 8.88. The first-order valence-corrected chi connectivity index (χ1v) is 15.2. The fourth-order valence-corrected chi connectivity index (χ4v) is 8.88. The molecule has 8 heteroatoms. The zero-order chi connectivity index (χ0) is 28.8. The Hall–Kier alpha value is -3.13. The average Bonchev–Trinajstić information content (AvgIpc) is 3.52. The molecule has 3 fully saturated rings. The van der Waals surface area contributed by atoms with E-state index in [-0.39, 0.29) is 23.5 Å². The summed E-state index contributed by atoms with van der Waals surface area (Å²) < 4.78 is 4.95. The van der Waals surface area contributed by atoms with Crippen LogP contribution in [-0.2, 0) is 25.6 Å². The highest BCUT2D eigenvalue weighted by Gasteiger charge is 2.58. The summed E-state index contributed by atoms with van der Waals surface area (Å²) in [5.74, 6) is 1.07. The van der Waals surface area contributed by atoms with Crippen molar-refractivity contribution in [2.24, 2.45) is 33.7 Å². The van der Waals surface area contributed by atoms with Crippen LogP contribution in [0.1, 0.15) is 70.8 Å². The molecule has 1 amide bonds. The number of carbonyl (C=O) groups is 2. The molecule has 0 spiro atoms. The third-order valence-electron chi connectivity index (χ3n) is 11.2. The number of benzene rings is 1. The normalized spacial score (nSPS) is 34.2. The van der Waals surface area contributed by atoms with Gasteiger partial charge in [0.25, 0.3) is 5.91 Å². The van der Waals surface area contributed by atoms with E-state index in [1.807, 2.05) is 30.5 Å². The number of hydrogen-bond acceptors (Lipinski definition) is 6. The molecule has 220 valence electrons. The first kappa shape index (κ1) is 28.0. The number of aliphatic hydroxyl groups excluding tert-OH is 1. The van der Waals surface area contributed by atoms with Crippen molar-refractivity contribution in [3.8, 4) is 0 Å². The minimum Gasteiger partial charge on any atom is -0.467 e. The van der Waals surface area contributed by atoms with Gasteiger partial charge in [-0.25, -0.2) is 4.79 Å². The van der Waals surface area contributed by atoms with Gasteiger partial charge in [0.15, 0.2) is 6.61 Å². The van der Waals surface area contributed by atoms with E-state index in [9.17, 15) is 14.7 Å². The number of rotatable bonds is 7. The molecule has 0 aliphatic heterocycles. The highest BCUT2D eigenvalue weighted by Crippen LogP contribution is 2.65. The zero-order valence-electron chi connectivity index (χ0n) is 24.4. The van der Waals surface area contributed by atoms with E-state index in [4.69, 9.17) is 9.57 Å². The predicted octanol–water partition coefficient (Wildman–Crippen LogP) is 5.06. The summed E-state index contributed by atoms with van der Waals surface area (Å²) in [6.07, 6.45) is 12.8. The summed E-state index contributed by atoms with van der Waals surface area (Å²) >= 11 is 0. The van der Waals surface area contributed by atoms with Gasteiger partial charge in [-0.1, -0.05) is 42.8 Å². The average molecular weight is 562 g/mol. The molecule has 3 N–H and O–H groups in total. The molecule has 2 aromatic rings. The number of allylic oxidation sites excluding steroid dienone is 2. The van der Waals surface area contributed by atoms with Crippen LogP contribution in [0.2, 0.25) is 0 Å². The van der Waals surface area contributed by atoms with Gasteiger partial charge in [-0.3, -0.25) is 4.79 Å². The van der Waals surface area contributed by atoms with Crippen molar-refractivity contribution in [1.82, 2.24) is 10.3 Å². The number of nitrogens with zero attached hydrogens (tertiary/aromatic N) is 1. The van der Waals surface area contributed by atoms with Crippen LogP contribution in [0.3, 0.4) is 0 Å². The summed E-state index contributed by atoms with van der Waals surface area (Å²) in [4.78, 5) is 33.9. The van der Waals surface area contributed by atoms with E-state index in [1.165, 1.54) is 25.5 Å². The van der Waals surface area contributed by atoms with Crippen molar-refractivity contribution in [2.45, 2.75) is 83.8 Å². The van der Waals surface area contributed by atoms with Gasteiger partial charge in [-0.2, -0.15) is 0 Å². The van der Waals surface area contributed by atoms with Crippen LogP contribution in [0.5, 0.6) is 0 Å². The second-order valence-corrected chi connectivity index (χ2v) is 13.2. The number of ether oxygens (including phenoxy) is 1. The summed E-state index contributed by atoms with van der Waals surface area (Å²) in [6, 6.07) is 7.02. The lowest BCUT2D eigenvalue weighted by Gasteiger charge is -2.57. The fraction of sp³-hybridized carbons (Fsp3) is 0.606. The third kappa shape index (κ3) is 4.98. The maximum Gasteiger partial charge on any atom is 0.328 e. The van der Waals surface area contributed by atoms with Crippen LogP contribution in [0, 0.1) is 28.6 Å². The number of esters is 1. The number of nitrogens with one attached hydrogen (secondary N) is 2. The number of amides is 1. The van der Waals surface area contributed by atoms with Gasteiger partial charge >= 0.3 is 5.97 Å². The van der Waals surface area contributed by atoms with Crippen LogP contribution < -0.4 is 5.32 Å². The standard InChI is InChI=1S/C33H43N3O5/c1-32-14-12-22(17-21(32)8-9-24-25-10-11-29(37)33(25,2)15-13-26(24)32)36-41-19-30(38)35-28(31(39)40-3)16-20-18-34-27-7-5-4-6-23(20)27/h4-7,17-18,24-26,28-29,34,37H,8-16,19H2,1-3H3,(H,35,38)/b36-22+/t24-,25-,26-,28?,29+,32-,33-/m0/s1. The Kier molecular flexibility index (Phi) is 7.47. The van der Waals surface area contributed by atoms with Crippen molar-refractivity contribution >= 4 is 28.5 Å². The Morgan fingerprint density at radius 1 is 1.12 bits per heavy atom. The number of H-pyrrole nitrogens is 1. The second-order valence-electron chi connectivity index (χ2n) is 13.2. The Bertz CT molecular complexity index is 1380. The minimum atomic E-state index is -0.825. The number of oxime groups is 1. The molecule has 0 bridgehead atoms. The molecule has 0 saturated heterocycles. The van der Waals surface area contributed by atoms with Crippen molar-refractivity contribution in [3.63, 3.8) is 0 Å². The molecule has 1 aromatic heterocycles. The quantitative estimate of drug-likeness (QED) is 0.323. The summed E-state index contributed by atoms with van der Waals surface area (Å²) in [6.45, 7) is 4.50. The molecule has 0 radical (unpaired) electrons. The highest BCUT2D eigenvalue weighted by molar-refractivity contribution is 5.96. The van der Waals surface area contributed by atoms with Crippen molar-refractivity contribution < 1.29 is 24.3 Å². The van der Waals surface area contributed by atoms with Gasteiger partial charge in [0.1, 0.15) is 6.04 Å². The monoisotopic (exact) mass is 561 g/mol. The van der Waals surface area contributed by atoms with E-state index < -0.39 is 17.9 Å². The molecule has 6 rings (SSSR count). The number of methoxy groups -OCH3 is 1. The minimum absolute atomic E-state index is 0.0940. The summed E-state index contributed by atoms with van der Waals surface area (Å²) in [5, 5.41) is 18.8. The van der Waals surface area contributed by atoms with Crippen LogP contribution in [-0.4, -0.2) is 53.5 Å². The van der Waals surface area contributed by atoms with Crippen molar-refractivity contribution in [1.29, 1.82) is 0 Å². The maximum absolute atomic E-state index is 12.7. The molecule has 1 unspecified atom stereocenters. The number of aliphatic hydroxyl groups is 1. The lowest BCUT2D eigenvalue weighted by atomic mass is 9.47. The maximum atomic E-state index is 12.7. The van der Waals surface area contributed by atoms with Gasteiger partial charge < -0.3 is 25.0 Å². The van der Waals surface area contributed by atoms with E-state index in [0.29, 0.717) is 24.2 Å². The van der Waals surface area contributed by atoms with Crippen molar-refractivity contribution in [2.75, 3.05) is 13.7 Å². The smallest absolute Gasteiger partial charge is 0.328 e. The molecule has 4 aliphatic rings. The molecule has 7 atom stereocenters. The Labute approximate surface area is 241 Å². The zero-order valence-corrected chi connectivity index (χ0v) is 24.4. The Morgan fingerprint density at radius 2 is 1.95 bits per heavy atom. The van der Waals surface area contributed by atoms with Crippen LogP contribution >= 0.6 is 0 Å². The van der Waals surface area contributed by atoms with Gasteiger partial charge in [0, 0.05) is 23.5 Å². The molecule has 1 heterocycles. The lowest BCUT2D eigenvalue weighted by molar-refractivity contribution is -0.145. The molecular weight excluding hydrogens is 518 g/mol. The number of aromatic nitrogens is 1. The van der Waals surface area contributed by atoms with E-state index in [0.717, 1.165) is 60.7 Å². The predicted molar refractivity (Wildman–Crippen MR) is 157 cm³/mol. The first-order chi connectivity index (χ1) is 19.7. The SMILES string of the molecule is COC(=O)C(Cc1c[nH]c2ccccc12)NC(=O)CO/N=C1/C=C2CC[C@H]3[C@@H]4CC[C@@H](O)[C@@]4(C)CC[C@@H]3[C@@]2(C)CC1. The van der Waals surface area contributed by atoms with E-state index in [1.54, 1.807) is 0 Å². The lowest BCUT2D eigenvalue weighted by Crippen LogP contribution is -2.51. The molecule has 3 saturated carbocycles. The van der Waals surface area contributed by atoms with Crippen LogP contribution in [0.15, 0.2) is 47.3 Å². The largest absolute Gasteiger partial charge is 0.467 e. The van der Waals surface area contributed by atoms with Gasteiger partial charge in [0.05, 0.1) is 18.9 Å². The number of para-hydroxylation sites is 1. The number of fused-ring (bicyclic) bond motifs is 6. The molecule has 8 nitrogen and oxygen atoms in total.